The molecule has 0 aliphatic carbocycles. The molecule has 2 aromatic heterocycles. The number of benzene rings is 6. The molecule has 8 aromatic rings. The molecule has 0 aliphatic rings. The molecule has 2 heterocycles. The fourth-order valence-electron chi connectivity index (χ4n) is 8.19. The Morgan fingerprint density at radius 3 is 1.85 bits per heavy atom. The zero-order chi connectivity index (χ0) is 42.7. The van der Waals surface area contributed by atoms with Gasteiger partial charge in [0.1, 0.15) is 11.6 Å². The maximum Gasteiger partial charge on any atom is 0.149 e. The lowest BCUT2D eigenvalue weighted by Gasteiger charge is -2.27. The minimum absolute atomic E-state index is 0.127. The molecule has 0 fully saturated rings. The highest BCUT2D eigenvalue weighted by Crippen LogP contribution is 2.45. The molecule has 4 nitrogen and oxygen atoms in total. The molecular formula is C56H57N3O. The average Bonchev–Trinajstić information content (AvgIpc) is 3.60. The standard InChI is InChI=1S/C56H57N3O/c1-35-20-22-37(23-21-35)39-26-27-57-49(32-39)41-29-40(30-42(31-41)54(3,4)5)46-18-15-19-50-51(46)58-53(47-33-43(55(6,7)8)34-48(52(47)60)56(9,10)11)59(50)44-24-25-45(36(2)28-44)38-16-13-12-14-17-38/h12-34,60H,1-11H3. The Labute approximate surface area is 356 Å². The highest BCUT2D eigenvalue weighted by Gasteiger charge is 2.29. The fourth-order valence-corrected chi connectivity index (χ4v) is 8.19. The molecule has 302 valence electrons. The lowest BCUT2D eigenvalue weighted by Crippen LogP contribution is -2.17. The third kappa shape index (κ3) is 7.79. The Morgan fingerprint density at radius 2 is 1.18 bits per heavy atom. The summed E-state index contributed by atoms with van der Waals surface area (Å²) in [5.41, 5.74) is 17.4. The van der Waals surface area contributed by atoms with Gasteiger partial charge in [0.05, 0.1) is 22.3 Å². The van der Waals surface area contributed by atoms with Crippen LogP contribution in [0.4, 0.5) is 0 Å². The summed E-state index contributed by atoms with van der Waals surface area (Å²) < 4.78 is 2.25. The molecule has 4 heteroatoms. The molecule has 0 amide bonds. The highest BCUT2D eigenvalue weighted by atomic mass is 16.3. The van der Waals surface area contributed by atoms with Crippen LogP contribution in [0.15, 0.2) is 140 Å². The number of pyridine rings is 1. The molecule has 8 rings (SSSR count). The predicted octanol–water partition coefficient (Wildman–Crippen LogP) is 15.0. The van der Waals surface area contributed by atoms with Crippen LogP contribution in [0.2, 0.25) is 0 Å². The lowest BCUT2D eigenvalue weighted by atomic mass is 9.79. The van der Waals surface area contributed by atoms with Crippen LogP contribution >= 0.6 is 0 Å². The van der Waals surface area contributed by atoms with Gasteiger partial charge in [-0.2, -0.15) is 0 Å². The number of rotatable bonds is 6. The summed E-state index contributed by atoms with van der Waals surface area (Å²) in [7, 11) is 0. The fraction of sp³-hybridized carbons (Fsp3) is 0.250. The van der Waals surface area contributed by atoms with Gasteiger partial charge in [0.25, 0.3) is 0 Å². The summed E-state index contributed by atoms with van der Waals surface area (Å²) in [4.78, 5) is 10.5. The summed E-state index contributed by atoms with van der Waals surface area (Å²) in [5, 5.41) is 12.3. The largest absolute Gasteiger partial charge is 0.507 e. The molecule has 1 N–H and O–H groups in total. The first-order chi connectivity index (χ1) is 28.4. The number of aryl methyl sites for hydroxylation is 2. The van der Waals surface area contributed by atoms with Crippen LogP contribution in [0, 0.1) is 13.8 Å². The second-order valence-corrected chi connectivity index (χ2v) is 19.6. The van der Waals surface area contributed by atoms with Gasteiger partial charge in [-0.15, -0.1) is 0 Å². The van der Waals surface area contributed by atoms with Gasteiger partial charge < -0.3 is 5.11 Å². The van der Waals surface area contributed by atoms with Crippen molar-refractivity contribution >= 4 is 11.0 Å². The smallest absolute Gasteiger partial charge is 0.149 e. The van der Waals surface area contributed by atoms with Crippen molar-refractivity contribution in [1.29, 1.82) is 0 Å². The van der Waals surface area contributed by atoms with Crippen LogP contribution in [0.5, 0.6) is 5.75 Å². The molecular weight excluding hydrogens is 731 g/mol. The van der Waals surface area contributed by atoms with Crippen LogP contribution in [0.25, 0.3) is 72.7 Å². The van der Waals surface area contributed by atoms with Gasteiger partial charge in [-0.1, -0.05) is 153 Å². The van der Waals surface area contributed by atoms with Crippen molar-refractivity contribution < 1.29 is 5.11 Å². The minimum atomic E-state index is -0.301. The molecule has 0 bridgehead atoms. The van der Waals surface area contributed by atoms with E-state index < -0.39 is 0 Å². The first kappa shape index (κ1) is 40.5. The summed E-state index contributed by atoms with van der Waals surface area (Å²) >= 11 is 0. The number of aromatic hydroxyl groups is 1. The van der Waals surface area contributed by atoms with Crippen LogP contribution in [-0.2, 0) is 16.2 Å². The van der Waals surface area contributed by atoms with Gasteiger partial charge in [0, 0.05) is 28.6 Å². The van der Waals surface area contributed by atoms with Gasteiger partial charge in [0.2, 0.25) is 0 Å². The molecule has 0 saturated carbocycles. The van der Waals surface area contributed by atoms with Gasteiger partial charge in [-0.05, 0) is 123 Å². The first-order valence-corrected chi connectivity index (χ1v) is 21.1. The van der Waals surface area contributed by atoms with E-state index in [4.69, 9.17) is 9.97 Å². The van der Waals surface area contributed by atoms with Crippen LogP contribution < -0.4 is 0 Å². The van der Waals surface area contributed by atoms with E-state index in [0.29, 0.717) is 5.82 Å². The first-order valence-electron chi connectivity index (χ1n) is 21.1. The molecule has 0 aliphatic heterocycles. The SMILES string of the molecule is Cc1ccc(-c2ccnc(-c3cc(-c4cccc5c4nc(-c4cc(C(C)(C)C)cc(C(C)(C)C)c4O)n5-c4ccc(-c5ccccc5)c(C)c4)cc(C(C)(C)C)c3)c2)cc1. The Bertz CT molecular complexity index is 2880. The third-order valence-electron chi connectivity index (χ3n) is 11.8. The number of phenolic OH excluding ortho intramolecular Hbond substituents is 1. The molecule has 0 unspecified atom stereocenters. The van der Waals surface area contributed by atoms with E-state index in [-0.39, 0.29) is 22.0 Å². The van der Waals surface area contributed by atoms with Crippen LogP contribution in [0.1, 0.15) is 90.1 Å². The Balaban J connectivity index is 1.40. The number of para-hydroxylation sites is 1. The molecule has 0 radical (unpaired) electrons. The van der Waals surface area contributed by atoms with Crippen molar-refractivity contribution in [1.82, 2.24) is 14.5 Å². The number of phenols is 1. The monoisotopic (exact) mass is 787 g/mol. The number of imidazole rings is 1. The molecule has 0 spiro atoms. The van der Waals surface area contributed by atoms with Crippen molar-refractivity contribution in [2.75, 3.05) is 0 Å². The van der Waals surface area contributed by atoms with E-state index >= 15 is 0 Å². The third-order valence-corrected chi connectivity index (χ3v) is 11.8. The van der Waals surface area contributed by atoms with Gasteiger partial charge in [0.15, 0.2) is 0 Å². The van der Waals surface area contributed by atoms with Crippen molar-refractivity contribution in [3.05, 3.63) is 167 Å². The van der Waals surface area contributed by atoms with E-state index in [1.807, 2.05) is 6.20 Å². The summed E-state index contributed by atoms with van der Waals surface area (Å²) in [6, 6.07) is 47.8. The predicted molar refractivity (Wildman–Crippen MR) is 253 cm³/mol. The Morgan fingerprint density at radius 1 is 0.500 bits per heavy atom. The Hall–Kier alpha value is -6.26. The quantitative estimate of drug-likeness (QED) is 0.183. The maximum absolute atomic E-state index is 12.3. The number of hydrogen-bond acceptors (Lipinski definition) is 3. The number of hydrogen-bond donors (Lipinski definition) is 1. The number of fused-ring (bicyclic) bond motifs is 1. The van der Waals surface area contributed by atoms with Crippen molar-refractivity contribution in [3.8, 4) is 67.5 Å². The van der Waals surface area contributed by atoms with Crippen LogP contribution in [0.3, 0.4) is 0 Å². The summed E-state index contributed by atoms with van der Waals surface area (Å²) in [6.45, 7) is 24.3. The molecule has 0 saturated heterocycles. The second-order valence-electron chi connectivity index (χ2n) is 19.6. The van der Waals surface area contributed by atoms with E-state index in [1.165, 1.54) is 27.8 Å². The van der Waals surface area contributed by atoms with E-state index in [2.05, 4.69) is 214 Å². The average molecular weight is 788 g/mol. The van der Waals surface area contributed by atoms with Crippen molar-refractivity contribution in [2.45, 2.75) is 92.4 Å². The Kier molecular flexibility index (Phi) is 10.2. The van der Waals surface area contributed by atoms with Crippen LogP contribution in [-0.4, -0.2) is 19.6 Å². The summed E-state index contributed by atoms with van der Waals surface area (Å²) in [5.74, 6) is 0.973. The summed E-state index contributed by atoms with van der Waals surface area (Å²) in [6.07, 6.45) is 1.91. The van der Waals surface area contributed by atoms with E-state index in [0.717, 1.165) is 66.9 Å². The van der Waals surface area contributed by atoms with E-state index in [1.54, 1.807) is 0 Å². The van der Waals surface area contributed by atoms with Gasteiger partial charge >= 0.3 is 0 Å². The minimum Gasteiger partial charge on any atom is -0.507 e. The number of nitrogens with zero attached hydrogens (tertiary/aromatic N) is 3. The maximum atomic E-state index is 12.3. The number of aromatic nitrogens is 3. The van der Waals surface area contributed by atoms with Crippen molar-refractivity contribution in [2.24, 2.45) is 0 Å². The normalized spacial score (nSPS) is 12.3. The van der Waals surface area contributed by atoms with Gasteiger partial charge in [-0.25, -0.2) is 4.98 Å². The zero-order valence-corrected chi connectivity index (χ0v) is 37.1. The zero-order valence-electron chi connectivity index (χ0n) is 37.1. The highest BCUT2D eigenvalue weighted by molar-refractivity contribution is 5.97. The second kappa shape index (κ2) is 15.1. The van der Waals surface area contributed by atoms with Gasteiger partial charge in [-0.3, -0.25) is 9.55 Å². The topological polar surface area (TPSA) is 50.9 Å². The lowest BCUT2D eigenvalue weighted by molar-refractivity contribution is 0.446. The van der Waals surface area contributed by atoms with E-state index in [9.17, 15) is 5.11 Å². The van der Waals surface area contributed by atoms with Crippen molar-refractivity contribution in [3.63, 3.8) is 0 Å². The molecule has 0 atom stereocenters. The molecule has 60 heavy (non-hydrogen) atoms. The molecule has 6 aromatic carbocycles.